The summed E-state index contributed by atoms with van der Waals surface area (Å²) in [6, 6.07) is 7.99. The van der Waals surface area contributed by atoms with Crippen molar-refractivity contribution < 1.29 is 4.52 Å². The molecule has 90 valence electrons. The number of aryl methyl sites for hydroxylation is 1. The Labute approximate surface area is 104 Å². The summed E-state index contributed by atoms with van der Waals surface area (Å²) in [5, 5.41) is 3.67. The minimum absolute atomic E-state index is 0.335. The van der Waals surface area contributed by atoms with E-state index in [1.54, 1.807) is 12.4 Å². The van der Waals surface area contributed by atoms with Gasteiger partial charge in [0.05, 0.1) is 11.8 Å². The van der Waals surface area contributed by atoms with Crippen LogP contribution in [0.15, 0.2) is 47.4 Å². The molecule has 0 amide bonds. The van der Waals surface area contributed by atoms with Gasteiger partial charge in [-0.1, -0.05) is 17.3 Å². The lowest BCUT2D eigenvalue weighted by Crippen LogP contribution is -1.95. The molecule has 0 spiro atoms. The van der Waals surface area contributed by atoms with E-state index in [0.717, 1.165) is 22.6 Å². The van der Waals surface area contributed by atoms with E-state index in [4.69, 9.17) is 10.3 Å². The SMILES string of the molecule is Cc1nccn1-c1ccc(-c2cnoc2N)cc1. The highest BCUT2D eigenvalue weighted by atomic mass is 16.5. The molecule has 0 atom stereocenters. The predicted octanol–water partition coefficient (Wildman–Crippen LogP) is 2.42. The molecule has 3 aromatic rings. The van der Waals surface area contributed by atoms with Crippen LogP contribution in [0, 0.1) is 6.92 Å². The molecule has 0 radical (unpaired) electrons. The zero-order valence-electron chi connectivity index (χ0n) is 9.87. The Balaban J connectivity index is 2.00. The second kappa shape index (κ2) is 4.03. The van der Waals surface area contributed by atoms with Gasteiger partial charge in [0.25, 0.3) is 0 Å². The standard InChI is InChI=1S/C13H12N4O/c1-9-15-6-7-17(9)11-4-2-10(3-5-11)12-8-16-18-13(12)14/h2-8H,14H2,1H3. The molecule has 3 rings (SSSR count). The fraction of sp³-hybridized carbons (Fsp3) is 0.0769. The average molecular weight is 240 g/mol. The molecule has 0 saturated heterocycles. The topological polar surface area (TPSA) is 69.9 Å². The molecule has 0 saturated carbocycles. The molecule has 0 bridgehead atoms. The van der Waals surface area contributed by atoms with Crippen LogP contribution in [-0.2, 0) is 0 Å². The van der Waals surface area contributed by atoms with Crippen molar-refractivity contribution in [2.45, 2.75) is 6.92 Å². The number of aromatic nitrogens is 3. The molecule has 2 N–H and O–H groups in total. The number of hydrogen-bond acceptors (Lipinski definition) is 4. The van der Waals surface area contributed by atoms with Crippen LogP contribution in [0.2, 0.25) is 0 Å². The van der Waals surface area contributed by atoms with Crippen molar-refractivity contribution in [1.82, 2.24) is 14.7 Å². The molecule has 2 heterocycles. The molecule has 18 heavy (non-hydrogen) atoms. The van der Waals surface area contributed by atoms with Crippen LogP contribution in [0.3, 0.4) is 0 Å². The quantitative estimate of drug-likeness (QED) is 0.746. The number of nitrogen functional groups attached to an aromatic ring is 1. The summed E-state index contributed by atoms with van der Waals surface area (Å²) >= 11 is 0. The highest BCUT2D eigenvalue weighted by Crippen LogP contribution is 2.26. The number of imidazole rings is 1. The number of benzene rings is 1. The first-order valence-corrected chi connectivity index (χ1v) is 5.56. The van der Waals surface area contributed by atoms with Gasteiger partial charge in [0, 0.05) is 18.1 Å². The lowest BCUT2D eigenvalue weighted by molar-refractivity contribution is 0.436. The first-order valence-electron chi connectivity index (χ1n) is 5.56. The summed E-state index contributed by atoms with van der Waals surface area (Å²) < 4.78 is 6.87. The average Bonchev–Trinajstić information content (AvgIpc) is 2.98. The largest absolute Gasteiger partial charge is 0.367 e. The van der Waals surface area contributed by atoms with Crippen LogP contribution in [0.4, 0.5) is 5.88 Å². The summed E-state index contributed by atoms with van der Waals surface area (Å²) in [6.45, 7) is 1.96. The van der Waals surface area contributed by atoms with Gasteiger partial charge in [-0.3, -0.25) is 0 Å². The van der Waals surface area contributed by atoms with Crippen molar-refractivity contribution >= 4 is 5.88 Å². The maximum Gasteiger partial charge on any atom is 0.229 e. The summed E-state index contributed by atoms with van der Waals surface area (Å²) in [5.41, 5.74) is 8.53. The minimum atomic E-state index is 0.335. The van der Waals surface area contributed by atoms with Crippen LogP contribution in [0.1, 0.15) is 5.82 Å². The van der Waals surface area contributed by atoms with Gasteiger partial charge in [0.15, 0.2) is 0 Å². The maximum absolute atomic E-state index is 5.68. The molecule has 1 aromatic carbocycles. The zero-order valence-corrected chi connectivity index (χ0v) is 9.87. The Morgan fingerprint density at radius 3 is 2.56 bits per heavy atom. The van der Waals surface area contributed by atoms with E-state index in [2.05, 4.69) is 10.1 Å². The number of rotatable bonds is 2. The van der Waals surface area contributed by atoms with Gasteiger partial charge in [-0.15, -0.1) is 0 Å². The third-order valence-electron chi connectivity index (χ3n) is 2.88. The molecule has 0 aliphatic heterocycles. The lowest BCUT2D eigenvalue weighted by atomic mass is 10.1. The third kappa shape index (κ3) is 1.66. The van der Waals surface area contributed by atoms with Gasteiger partial charge in [-0.25, -0.2) is 4.98 Å². The van der Waals surface area contributed by atoms with Gasteiger partial charge in [0.2, 0.25) is 5.88 Å². The van der Waals surface area contributed by atoms with Gasteiger partial charge in [0.1, 0.15) is 5.82 Å². The predicted molar refractivity (Wildman–Crippen MR) is 68.2 cm³/mol. The van der Waals surface area contributed by atoms with Crippen LogP contribution in [0.25, 0.3) is 16.8 Å². The van der Waals surface area contributed by atoms with Crippen molar-refractivity contribution in [1.29, 1.82) is 0 Å². The lowest BCUT2D eigenvalue weighted by Gasteiger charge is -2.05. The van der Waals surface area contributed by atoms with E-state index in [1.807, 2.05) is 42.0 Å². The summed E-state index contributed by atoms with van der Waals surface area (Å²) in [5.74, 6) is 1.29. The van der Waals surface area contributed by atoms with E-state index in [9.17, 15) is 0 Å². The second-order valence-electron chi connectivity index (χ2n) is 4.00. The molecule has 0 aliphatic rings. The monoisotopic (exact) mass is 240 g/mol. The minimum Gasteiger partial charge on any atom is -0.367 e. The number of nitrogens with zero attached hydrogens (tertiary/aromatic N) is 3. The third-order valence-corrected chi connectivity index (χ3v) is 2.88. The molecule has 5 nitrogen and oxygen atoms in total. The van der Waals surface area contributed by atoms with Crippen LogP contribution < -0.4 is 5.73 Å². The highest BCUT2D eigenvalue weighted by molar-refractivity contribution is 5.72. The highest BCUT2D eigenvalue weighted by Gasteiger charge is 2.07. The van der Waals surface area contributed by atoms with Crippen LogP contribution >= 0.6 is 0 Å². The Hall–Kier alpha value is -2.56. The summed E-state index contributed by atoms with van der Waals surface area (Å²) in [4.78, 5) is 4.20. The van der Waals surface area contributed by atoms with E-state index < -0.39 is 0 Å². The van der Waals surface area contributed by atoms with Crippen molar-refractivity contribution in [2.24, 2.45) is 0 Å². The second-order valence-corrected chi connectivity index (χ2v) is 4.00. The Bertz CT molecular complexity index is 607. The van der Waals surface area contributed by atoms with Gasteiger partial charge in [-0.05, 0) is 24.6 Å². The molecule has 0 aliphatic carbocycles. The van der Waals surface area contributed by atoms with E-state index in [0.29, 0.717) is 5.88 Å². The van der Waals surface area contributed by atoms with Gasteiger partial charge < -0.3 is 14.8 Å². The normalized spacial score (nSPS) is 10.7. The van der Waals surface area contributed by atoms with Crippen molar-refractivity contribution in [3.05, 3.63) is 48.7 Å². The Morgan fingerprint density at radius 1 is 1.22 bits per heavy atom. The Kier molecular flexibility index (Phi) is 2.37. The first kappa shape index (κ1) is 10.6. The molecular formula is C13H12N4O. The molecule has 2 aromatic heterocycles. The first-order chi connectivity index (χ1) is 8.75. The molecule has 0 fully saturated rings. The summed E-state index contributed by atoms with van der Waals surface area (Å²) in [7, 11) is 0. The number of hydrogen-bond donors (Lipinski definition) is 1. The smallest absolute Gasteiger partial charge is 0.229 e. The van der Waals surface area contributed by atoms with Crippen LogP contribution in [-0.4, -0.2) is 14.7 Å². The molecule has 0 unspecified atom stereocenters. The Morgan fingerprint density at radius 2 is 2.00 bits per heavy atom. The van der Waals surface area contributed by atoms with Crippen molar-refractivity contribution in [3.63, 3.8) is 0 Å². The van der Waals surface area contributed by atoms with Crippen LogP contribution in [0.5, 0.6) is 0 Å². The fourth-order valence-electron chi connectivity index (χ4n) is 1.92. The summed E-state index contributed by atoms with van der Waals surface area (Å²) in [6.07, 6.45) is 5.33. The molecule has 5 heteroatoms. The van der Waals surface area contributed by atoms with Gasteiger partial charge >= 0.3 is 0 Å². The van der Waals surface area contributed by atoms with E-state index >= 15 is 0 Å². The van der Waals surface area contributed by atoms with E-state index in [1.165, 1.54) is 0 Å². The van der Waals surface area contributed by atoms with E-state index in [-0.39, 0.29) is 0 Å². The molecular weight excluding hydrogens is 228 g/mol. The zero-order chi connectivity index (χ0) is 12.5. The maximum atomic E-state index is 5.68. The van der Waals surface area contributed by atoms with Crippen molar-refractivity contribution in [3.8, 4) is 16.8 Å². The van der Waals surface area contributed by atoms with Crippen molar-refractivity contribution in [2.75, 3.05) is 5.73 Å². The number of anilines is 1. The number of nitrogens with two attached hydrogens (primary N) is 1. The fourth-order valence-corrected chi connectivity index (χ4v) is 1.92. The van der Waals surface area contributed by atoms with Gasteiger partial charge in [-0.2, -0.15) is 0 Å².